The summed E-state index contributed by atoms with van der Waals surface area (Å²) in [5, 5.41) is 0. The minimum Gasteiger partial charge on any atom is -0.509 e. The molecular weight excluding hydrogens is 398 g/mol. The first-order valence-electron chi connectivity index (χ1n) is 9.87. The van der Waals surface area contributed by atoms with Crippen molar-refractivity contribution in [3.63, 3.8) is 0 Å². The summed E-state index contributed by atoms with van der Waals surface area (Å²) in [6, 6.07) is 6.51. The van der Waals surface area contributed by atoms with Crippen LogP contribution < -0.4 is 9.31 Å². The van der Waals surface area contributed by atoms with Gasteiger partial charge in [-0.15, -0.1) is 0 Å². The Labute approximate surface area is 179 Å². The van der Waals surface area contributed by atoms with Gasteiger partial charge in [-0.3, -0.25) is 0 Å². The van der Waals surface area contributed by atoms with E-state index >= 15 is 0 Å². The van der Waals surface area contributed by atoms with E-state index in [0.29, 0.717) is 11.5 Å². The van der Waals surface area contributed by atoms with E-state index in [1.807, 2.05) is 0 Å². The maximum absolute atomic E-state index is 5.57. The van der Waals surface area contributed by atoms with Crippen molar-refractivity contribution >= 4 is 14.6 Å². The summed E-state index contributed by atoms with van der Waals surface area (Å²) < 4.78 is 11.1. The standard InChI is InChI=1S/C18H32B2O10/c1-13(2)23-27-19(28-24-14(3)4)21-17-9-11-18(12-10-17)22-20(29-25-15(5)6)30-26-16(7)8/h9-16H,1-8H3. The van der Waals surface area contributed by atoms with E-state index in [-0.39, 0.29) is 24.4 Å². The molecule has 0 spiro atoms. The second-order valence-electron chi connectivity index (χ2n) is 7.25. The van der Waals surface area contributed by atoms with Crippen LogP contribution in [0.25, 0.3) is 0 Å². The smallest absolute Gasteiger partial charge is 0.509 e. The van der Waals surface area contributed by atoms with Crippen molar-refractivity contribution in [2.45, 2.75) is 79.8 Å². The molecule has 0 aliphatic carbocycles. The van der Waals surface area contributed by atoms with Gasteiger partial charge < -0.3 is 9.31 Å². The summed E-state index contributed by atoms with van der Waals surface area (Å²) in [5.41, 5.74) is 0. The molecule has 0 amide bonds. The molecule has 0 unspecified atom stereocenters. The van der Waals surface area contributed by atoms with Gasteiger partial charge in [0.1, 0.15) is 11.5 Å². The van der Waals surface area contributed by atoms with Gasteiger partial charge >= 0.3 is 14.6 Å². The zero-order valence-electron chi connectivity index (χ0n) is 18.9. The van der Waals surface area contributed by atoms with E-state index in [4.69, 9.17) is 48.1 Å². The highest BCUT2D eigenvalue weighted by molar-refractivity contribution is 6.37. The third-order valence-electron chi connectivity index (χ3n) is 2.59. The summed E-state index contributed by atoms with van der Waals surface area (Å²) in [6.07, 6.45) is -0.750. The van der Waals surface area contributed by atoms with Crippen molar-refractivity contribution in [3.05, 3.63) is 24.3 Å². The molecule has 1 rings (SSSR count). The van der Waals surface area contributed by atoms with Crippen LogP contribution in [0, 0.1) is 0 Å². The van der Waals surface area contributed by atoms with Gasteiger partial charge in [0, 0.05) is 0 Å². The number of benzene rings is 1. The molecule has 0 N–H and O–H groups in total. The third kappa shape index (κ3) is 13.0. The fourth-order valence-corrected chi connectivity index (χ4v) is 1.56. The maximum atomic E-state index is 5.57. The molecule has 0 fully saturated rings. The first-order valence-corrected chi connectivity index (χ1v) is 9.87. The van der Waals surface area contributed by atoms with Crippen molar-refractivity contribution in [2.75, 3.05) is 0 Å². The maximum Gasteiger partial charge on any atom is 0.770 e. The molecule has 30 heavy (non-hydrogen) atoms. The first-order chi connectivity index (χ1) is 14.2. The zero-order valence-corrected chi connectivity index (χ0v) is 18.9. The highest BCUT2D eigenvalue weighted by atomic mass is 17.3. The van der Waals surface area contributed by atoms with Crippen LogP contribution in [0.15, 0.2) is 24.3 Å². The van der Waals surface area contributed by atoms with Crippen LogP contribution in [0.3, 0.4) is 0 Å². The Bertz CT molecular complexity index is 483. The van der Waals surface area contributed by atoms with Crippen molar-refractivity contribution < 1.29 is 48.1 Å². The van der Waals surface area contributed by atoms with Crippen LogP contribution in [0.2, 0.25) is 0 Å². The molecular formula is C18H32B2O10. The summed E-state index contributed by atoms with van der Waals surface area (Å²) in [7, 11) is -2.44. The molecule has 12 heteroatoms. The van der Waals surface area contributed by atoms with Crippen molar-refractivity contribution in [3.8, 4) is 11.5 Å². The van der Waals surface area contributed by atoms with Crippen molar-refractivity contribution in [1.82, 2.24) is 0 Å². The van der Waals surface area contributed by atoms with Crippen LogP contribution in [0.1, 0.15) is 55.4 Å². The van der Waals surface area contributed by atoms with Gasteiger partial charge in [-0.25, -0.2) is 38.8 Å². The second-order valence-corrected chi connectivity index (χ2v) is 7.25. The molecule has 1 aromatic rings. The summed E-state index contributed by atoms with van der Waals surface area (Å²) >= 11 is 0. The van der Waals surface area contributed by atoms with Crippen LogP contribution in [0.4, 0.5) is 0 Å². The SMILES string of the molecule is CC(C)OOB(OOC(C)C)Oc1ccc(OB(OOC(C)C)OOC(C)C)cc1. The quantitative estimate of drug-likeness (QED) is 0.219. The van der Waals surface area contributed by atoms with Gasteiger partial charge in [-0.05, 0) is 79.7 Å². The molecule has 0 aliphatic rings. The fourth-order valence-electron chi connectivity index (χ4n) is 1.56. The Morgan fingerprint density at radius 1 is 0.467 bits per heavy atom. The minimum atomic E-state index is -1.22. The molecule has 0 atom stereocenters. The van der Waals surface area contributed by atoms with E-state index in [0.717, 1.165) is 0 Å². The molecule has 10 nitrogen and oxygen atoms in total. The van der Waals surface area contributed by atoms with Gasteiger partial charge in [0.15, 0.2) is 0 Å². The van der Waals surface area contributed by atoms with Crippen LogP contribution >= 0.6 is 0 Å². The van der Waals surface area contributed by atoms with E-state index < -0.39 is 14.6 Å². The van der Waals surface area contributed by atoms with Gasteiger partial charge in [-0.1, -0.05) is 0 Å². The van der Waals surface area contributed by atoms with Crippen LogP contribution in [-0.4, -0.2) is 39.1 Å². The minimum absolute atomic E-state index is 0.187. The Morgan fingerprint density at radius 3 is 0.900 bits per heavy atom. The number of rotatable bonds is 16. The molecule has 0 aromatic heterocycles. The lowest BCUT2D eigenvalue weighted by atomic mass is 10.2. The average Bonchev–Trinajstić information content (AvgIpc) is 2.66. The Morgan fingerprint density at radius 2 is 0.700 bits per heavy atom. The molecule has 0 saturated carbocycles. The topological polar surface area (TPSA) is 92.3 Å². The molecule has 1 aromatic carbocycles. The Hall–Kier alpha value is -1.37. The molecule has 0 aliphatic heterocycles. The summed E-state index contributed by atoms with van der Waals surface area (Å²) in [6.45, 7) is 14.4. The molecule has 0 bridgehead atoms. The van der Waals surface area contributed by atoms with Gasteiger partial charge in [0.05, 0.1) is 24.4 Å². The highest BCUT2D eigenvalue weighted by Gasteiger charge is 2.31. The van der Waals surface area contributed by atoms with E-state index in [1.165, 1.54) is 0 Å². The fraction of sp³-hybridized carbons (Fsp3) is 0.667. The lowest BCUT2D eigenvalue weighted by Crippen LogP contribution is -2.33. The predicted molar refractivity (Wildman–Crippen MR) is 108 cm³/mol. The van der Waals surface area contributed by atoms with E-state index in [1.54, 1.807) is 79.7 Å². The Balaban J connectivity index is 2.67. The second kappa shape index (κ2) is 14.6. The van der Waals surface area contributed by atoms with Gasteiger partial charge in [0.25, 0.3) is 0 Å². The van der Waals surface area contributed by atoms with Crippen molar-refractivity contribution in [1.29, 1.82) is 0 Å². The monoisotopic (exact) mass is 430 g/mol. The average molecular weight is 430 g/mol. The van der Waals surface area contributed by atoms with Gasteiger partial charge in [-0.2, -0.15) is 0 Å². The molecule has 0 radical (unpaired) electrons. The van der Waals surface area contributed by atoms with Crippen LogP contribution in [0.5, 0.6) is 11.5 Å². The normalized spacial score (nSPS) is 11.6. The van der Waals surface area contributed by atoms with Crippen molar-refractivity contribution in [2.24, 2.45) is 0 Å². The molecule has 0 heterocycles. The van der Waals surface area contributed by atoms with Crippen LogP contribution in [-0.2, 0) is 38.8 Å². The predicted octanol–water partition coefficient (Wildman–Crippen LogP) is 3.84. The highest BCUT2D eigenvalue weighted by Crippen LogP contribution is 2.20. The molecule has 170 valence electrons. The lowest BCUT2D eigenvalue weighted by Gasteiger charge is -2.17. The summed E-state index contributed by atoms with van der Waals surface area (Å²) in [5.74, 6) is 0.838. The largest absolute Gasteiger partial charge is 0.770 e. The van der Waals surface area contributed by atoms with E-state index in [9.17, 15) is 0 Å². The number of hydrogen-bond donors (Lipinski definition) is 0. The zero-order chi connectivity index (χ0) is 22.5. The summed E-state index contributed by atoms with van der Waals surface area (Å²) in [4.78, 5) is 40.6. The lowest BCUT2D eigenvalue weighted by molar-refractivity contribution is -0.318. The molecule has 0 saturated heterocycles. The Kier molecular flexibility index (Phi) is 13.0. The number of hydrogen-bond acceptors (Lipinski definition) is 10. The third-order valence-corrected chi connectivity index (χ3v) is 2.59. The van der Waals surface area contributed by atoms with Gasteiger partial charge in [0.2, 0.25) is 0 Å². The first kappa shape index (κ1) is 26.7. The van der Waals surface area contributed by atoms with E-state index in [2.05, 4.69) is 0 Å².